The van der Waals surface area contributed by atoms with Crippen LogP contribution in [0.4, 0.5) is 0 Å². The number of carbonyl (C=O) groups is 1. The van der Waals surface area contributed by atoms with Crippen LogP contribution in [0, 0.1) is 0 Å². The molecule has 0 amide bonds. The van der Waals surface area contributed by atoms with E-state index in [1.165, 1.54) is 4.68 Å². The number of aromatic carboxylic acids is 1. The van der Waals surface area contributed by atoms with Crippen molar-refractivity contribution in [3.05, 3.63) is 15.3 Å². The summed E-state index contributed by atoms with van der Waals surface area (Å²) in [5, 5.41) is 12.5. The van der Waals surface area contributed by atoms with Gasteiger partial charge in [0, 0.05) is 6.54 Å². The lowest BCUT2D eigenvalue weighted by molar-refractivity contribution is 0.0689. The minimum atomic E-state index is -1.12. The molecule has 0 fully saturated rings. The molecule has 1 rings (SSSR count). The third-order valence-corrected chi connectivity index (χ3v) is 2.73. The maximum Gasteiger partial charge on any atom is 0.358 e. The molecule has 0 aliphatic carbocycles. The summed E-state index contributed by atoms with van der Waals surface area (Å²) in [5.41, 5.74) is -0.120. The second-order valence-electron chi connectivity index (χ2n) is 2.07. The van der Waals surface area contributed by atoms with Crippen molar-refractivity contribution in [2.24, 2.45) is 0 Å². The number of carboxylic acids is 1. The average molecular weight is 253 g/mol. The van der Waals surface area contributed by atoms with Gasteiger partial charge in [-0.3, -0.25) is 4.68 Å². The van der Waals surface area contributed by atoms with E-state index in [0.717, 1.165) is 0 Å². The molecule has 0 saturated carbocycles. The van der Waals surface area contributed by atoms with Crippen molar-refractivity contribution < 1.29 is 9.90 Å². The Morgan fingerprint density at radius 2 is 2.42 bits per heavy atom. The monoisotopic (exact) mass is 252 g/mol. The lowest BCUT2D eigenvalue weighted by Crippen LogP contribution is -2.01. The van der Waals surface area contributed by atoms with Crippen molar-refractivity contribution in [2.45, 2.75) is 13.5 Å². The van der Waals surface area contributed by atoms with Gasteiger partial charge in [-0.2, -0.15) is 5.10 Å². The summed E-state index contributed by atoms with van der Waals surface area (Å²) in [5.74, 6) is -1.12. The third-order valence-electron chi connectivity index (χ3n) is 1.34. The van der Waals surface area contributed by atoms with Crippen molar-refractivity contribution in [1.29, 1.82) is 0 Å². The predicted molar refractivity (Wildman–Crippen MR) is 47.6 cm³/mol. The van der Waals surface area contributed by atoms with Gasteiger partial charge >= 0.3 is 5.97 Å². The number of halogens is 2. The van der Waals surface area contributed by atoms with Crippen LogP contribution in [0.3, 0.4) is 0 Å². The van der Waals surface area contributed by atoms with Gasteiger partial charge in [-0.15, -0.1) is 0 Å². The summed E-state index contributed by atoms with van der Waals surface area (Å²) in [7, 11) is 0. The van der Waals surface area contributed by atoms with Gasteiger partial charge in [0.1, 0.15) is 9.63 Å². The molecular weight excluding hydrogens is 247 g/mol. The molecule has 6 heteroatoms. The molecule has 0 aliphatic heterocycles. The molecule has 1 aromatic heterocycles. The summed E-state index contributed by atoms with van der Waals surface area (Å²) >= 11 is 8.81. The highest BCUT2D eigenvalue weighted by Gasteiger charge is 2.18. The van der Waals surface area contributed by atoms with E-state index in [0.29, 0.717) is 11.1 Å². The van der Waals surface area contributed by atoms with E-state index in [2.05, 4.69) is 21.0 Å². The van der Waals surface area contributed by atoms with Gasteiger partial charge in [0.05, 0.1) is 0 Å². The quantitative estimate of drug-likeness (QED) is 0.877. The Balaban J connectivity index is 3.25. The van der Waals surface area contributed by atoms with Gasteiger partial charge in [-0.1, -0.05) is 11.6 Å². The van der Waals surface area contributed by atoms with Crippen molar-refractivity contribution in [2.75, 3.05) is 0 Å². The highest BCUT2D eigenvalue weighted by molar-refractivity contribution is 9.10. The van der Waals surface area contributed by atoms with Crippen molar-refractivity contribution in [3.8, 4) is 0 Å². The van der Waals surface area contributed by atoms with Crippen LogP contribution in [0.15, 0.2) is 4.60 Å². The molecule has 0 aliphatic rings. The summed E-state index contributed by atoms with van der Waals surface area (Å²) in [6.45, 7) is 2.42. The van der Waals surface area contributed by atoms with E-state index < -0.39 is 5.97 Å². The summed E-state index contributed by atoms with van der Waals surface area (Å²) in [6, 6.07) is 0. The fraction of sp³-hybridized carbons (Fsp3) is 0.333. The topological polar surface area (TPSA) is 55.1 Å². The zero-order valence-corrected chi connectivity index (χ0v) is 8.55. The van der Waals surface area contributed by atoms with Gasteiger partial charge in [0.15, 0.2) is 5.69 Å². The van der Waals surface area contributed by atoms with Gasteiger partial charge in [0.25, 0.3) is 0 Å². The summed E-state index contributed by atoms with van der Waals surface area (Å²) < 4.78 is 1.98. The van der Waals surface area contributed by atoms with Gasteiger partial charge < -0.3 is 5.11 Å². The third kappa shape index (κ3) is 1.47. The first-order valence-corrected chi connectivity index (χ1v) is 4.40. The Labute approximate surface area is 82.3 Å². The van der Waals surface area contributed by atoms with Crippen molar-refractivity contribution in [1.82, 2.24) is 9.78 Å². The van der Waals surface area contributed by atoms with Crippen LogP contribution in [0.5, 0.6) is 0 Å². The SMILES string of the molecule is CCn1nc(C(=O)O)c(Cl)c1Br. The first-order valence-electron chi connectivity index (χ1n) is 3.23. The number of nitrogens with zero attached hydrogens (tertiary/aromatic N) is 2. The van der Waals surface area contributed by atoms with Crippen LogP contribution in [0.25, 0.3) is 0 Å². The maximum atomic E-state index is 10.5. The van der Waals surface area contributed by atoms with E-state index in [-0.39, 0.29) is 10.7 Å². The molecule has 0 aromatic carbocycles. The fourth-order valence-electron chi connectivity index (χ4n) is 0.766. The lowest BCUT2D eigenvalue weighted by Gasteiger charge is -1.94. The van der Waals surface area contributed by atoms with Crippen LogP contribution >= 0.6 is 27.5 Å². The first-order chi connectivity index (χ1) is 5.57. The van der Waals surface area contributed by atoms with Crippen LogP contribution < -0.4 is 0 Å². The van der Waals surface area contributed by atoms with E-state index in [4.69, 9.17) is 16.7 Å². The molecule has 0 bridgehead atoms. The van der Waals surface area contributed by atoms with Crippen molar-refractivity contribution in [3.63, 3.8) is 0 Å². The second kappa shape index (κ2) is 3.45. The molecule has 0 saturated heterocycles. The van der Waals surface area contributed by atoms with E-state index in [1.807, 2.05) is 6.92 Å². The minimum absolute atomic E-state index is 0.120. The number of hydrogen-bond donors (Lipinski definition) is 1. The van der Waals surface area contributed by atoms with Crippen molar-refractivity contribution >= 4 is 33.5 Å². The fourth-order valence-corrected chi connectivity index (χ4v) is 1.50. The van der Waals surface area contributed by atoms with E-state index in [1.54, 1.807) is 0 Å². The number of aromatic nitrogens is 2. The molecule has 0 radical (unpaired) electrons. The van der Waals surface area contributed by atoms with Crippen LogP contribution in [0.1, 0.15) is 17.4 Å². The van der Waals surface area contributed by atoms with E-state index in [9.17, 15) is 4.79 Å². The summed E-state index contributed by atoms with van der Waals surface area (Å²) in [6.07, 6.45) is 0. The molecule has 1 aromatic rings. The van der Waals surface area contributed by atoms with Gasteiger partial charge in [-0.25, -0.2) is 4.79 Å². The van der Waals surface area contributed by atoms with Crippen LogP contribution in [-0.4, -0.2) is 20.9 Å². The zero-order chi connectivity index (χ0) is 9.30. The van der Waals surface area contributed by atoms with E-state index >= 15 is 0 Å². The molecule has 12 heavy (non-hydrogen) atoms. The van der Waals surface area contributed by atoms with Gasteiger partial charge in [-0.05, 0) is 22.9 Å². The lowest BCUT2D eigenvalue weighted by atomic mass is 10.4. The Morgan fingerprint density at radius 3 is 2.67 bits per heavy atom. The van der Waals surface area contributed by atoms with Crippen LogP contribution in [-0.2, 0) is 6.54 Å². The number of carboxylic acid groups (broad SMARTS) is 1. The maximum absolute atomic E-state index is 10.5. The molecule has 0 unspecified atom stereocenters. The number of hydrogen-bond acceptors (Lipinski definition) is 2. The second-order valence-corrected chi connectivity index (χ2v) is 3.20. The number of rotatable bonds is 2. The largest absolute Gasteiger partial charge is 0.476 e. The Bertz CT molecular complexity index is 324. The molecular formula is C6H6BrClN2O2. The first kappa shape index (κ1) is 9.54. The Kier molecular flexibility index (Phi) is 2.74. The minimum Gasteiger partial charge on any atom is -0.476 e. The highest BCUT2D eigenvalue weighted by Crippen LogP contribution is 2.25. The molecule has 66 valence electrons. The predicted octanol–water partition coefficient (Wildman–Crippen LogP) is 2.02. The van der Waals surface area contributed by atoms with Crippen LogP contribution in [0.2, 0.25) is 5.02 Å². The summed E-state index contributed by atoms with van der Waals surface area (Å²) in [4.78, 5) is 10.5. The standard InChI is InChI=1S/C6H6BrClN2O2/c1-2-10-5(7)3(8)4(9-10)6(11)12/h2H2,1H3,(H,11,12). The normalized spacial score (nSPS) is 10.2. The molecule has 1 heterocycles. The smallest absolute Gasteiger partial charge is 0.358 e. The molecule has 0 spiro atoms. The molecule has 1 N–H and O–H groups in total. The molecule has 4 nitrogen and oxygen atoms in total. The highest BCUT2D eigenvalue weighted by atomic mass is 79.9. The van der Waals surface area contributed by atoms with Gasteiger partial charge in [0.2, 0.25) is 0 Å². The Hall–Kier alpha value is -0.550. The zero-order valence-electron chi connectivity index (χ0n) is 6.21. The number of aryl methyl sites for hydroxylation is 1. The average Bonchev–Trinajstić information content (AvgIpc) is 2.30. The molecule has 0 atom stereocenters. The Morgan fingerprint density at radius 1 is 1.83 bits per heavy atom.